The van der Waals surface area contributed by atoms with Gasteiger partial charge in [-0.15, -0.1) is 5.43 Å². The average Bonchev–Trinajstić information content (AvgIpc) is 2.04. The van der Waals surface area contributed by atoms with Crippen LogP contribution in [-0.2, 0) is 0 Å². The summed E-state index contributed by atoms with van der Waals surface area (Å²) >= 11 is 0. The molecule has 1 N–H and O–H groups in total. The molecule has 5 heteroatoms. The van der Waals surface area contributed by atoms with Crippen LogP contribution in [0.4, 0.5) is 5.69 Å². The van der Waals surface area contributed by atoms with Gasteiger partial charge in [0.15, 0.2) is 11.3 Å². The van der Waals surface area contributed by atoms with Gasteiger partial charge >= 0.3 is 0 Å². The van der Waals surface area contributed by atoms with Crippen LogP contribution in [0.3, 0.4) is 0 Å². The van der Waals surface area contributed by atoms with Crippen molar-refractivity contribution in [2.45, 2.75) is 0 Å². The molecule has 0 radical (unpaired) electrons. The molecular weight excluding hydrogens is 160 g/mol. The Morgan fingerprint density at radius 1 is 1.42 bits per heavy atom. The lowest BCUT2D eigenvalue weighted by Crippen LogP contribution is -2.09. The highest BCUT2D eigenvalue weighted by atomic mass is 16.7. The van der Waals surface area contributed by atoms with Gasteiger partial charge in [0.05, 0.1) is 0 Å². The van der Waals surface area contributed by atoms with Crippen LogP contribution in [0.1, 0.15) is 10.4 Å². The van der Waals surface area contributed by atoms with Crippen molar-refractivity contribution in [3.63, 3.8) is 0 Å². The smallest absolute Gasteiger partial charge is 0.162 e. The second-order valence-corrected chi connectivity index (χ2v) is 2.07. The summed E-state index contributed by atoms with van der Waals surface area (Å²) in [6, 6.07) is 6.21. The molecule has 0 aromatic heterocycles. The van der Waals surface area contributed by atoms with E-state index in [2.05, 4.69) is 0 Å². The highest BCUT2D eigenvalue weighted by Crippen LogP contribution is 2.11. The first-order valence-electron chi connectivity index (χ1n) is 3.19. The van der Waals surface area contributed by atoms with Crippen molar-refractivity contribution in [1.29, 1.82) is 0 Å². The number of nitro groups is 1. The molecule has 0 bridgehead atoms. The molecular formula is C7H6N2O3. The number of carbonyl (C=O) groups is 1. The fourth-order valence-electron chi connectivity index (χ4n) is 0.800. The number of hydrazine groups is 1. The summed E-state index contributed by atoms with van der Waals surface area (Å²) in [4.78, 5) is 20.4. The lowest BCUT2D eigenvalue weighted by Gasteiger charge is -1.98. The van der Waals surface area contributed by atoms with E-state index in [1.54, 1.807) is 12.1 Å². The summed E-state index contributed by atoms with van der Waals surface area (Å²) in [5.74, 6) is 0. The number of nitrogens with one attached hydrogen (secondary N) is 1. The molecule has 0 amide bonds. The van der Waals surface area contributed by atoms with Crippen LogP contribution < -0.4 is 5.43 Å². The van der Waals surface area contributed by atoms with Crippen molar-refractivity contribution in [3.8, 4) is 0 Å². The van der Waals surface area contributed by atoms with Crippen LogP contribution in [-0.4, -0.2) is 11.3 Å². The lowest BCUT2D eigenvalue weighted by atomic mass is 10.2. The van der Waals surface area contributed by atoms with Gasteiger partial charge in [-0.1, -0.05) is 12.1 Å². The highest BCUT2D eigenvalue weighted by molar-refractivity contribution is 5.83. The van der Waals surface area contributed by atoms with Gasteiger partial charge < -0.3 is 0 Å². The molecule has 12 heavy (non-hydrogen) atoms. The third-order valence-corrected chi connectivity index (χ3v) is 1.30. The number of aldehydes is 1. The summed E-state index contributed by atoms with van der Waals surface area (Å²) in [6.07, 6.45) is 0.561. The zero-order chi connectivity index (χ0) is 8.97. The Labute approximate surface area is 68.1 Å². The van der Waals surface area contributed by atoms with E-state index in [-0.39, 0.29) is 11.3 Å². The summed E-state index contributed by atoms with van der Waals surface area (Å²) in [6.45, 7) is 0. The number of rotatable bonds is 3. The maximum atomic E-state index is 10.3. The molecule has 0 atom stereocenters. The minimum absolute atomic E-state index is 0.206. The molecule has 5 nitrogen and oxygen atoms in total. The number of anilines is 1. The molecule has 0 aliphatic rings. The topological polar surface area (TPSA) is 72.2 Å². The summed E-state index contributed by atoms with van der Waals surface area (Å²) in [5, 5.41) is 9.31. The van der Waals surface area contributed by atoms with E-state index in [4.69, 9.17) is 0 Å². The van der Waals surface area contributed by atoms with Gasteiger partial charge in [0.2, 0.25) is 0 Å². The molecule has 0 saturated carbocycles. The normalized spacial score (nSPS) is 9.00. The van der Waals surface area contributed by atoms with Crippen LogP contribution in [0.25, 0.3) is 0 Å². The molecule has 0 unspecified atom stereocenters. The van der Waals surface area contributed by atoms with Gasteiger partial charge in [0.1, 0.15) is 5.69 Å². The number of hydrogen-bond donors (Lipinski definition) is 1. The number of nitrogens with zero attached hydrogens (tertiary/aromatic N) is 1. The van der Waals surface area contributed by atoms with Crippen LogP contribution >= 0.6 is 0 Å². The average molecular weight is 166 g/mol. The quantitative estimate of drug-likeness (QED) is 0.414. The Morgan fingerprint density at radius 2 is 2.08 bits per heavy atom. The molecule has 62 valence electrons. The molecule has 1 rings (SSSR count). The fraction of sp³-hybridized carbons (Fsp3) is 0. The third-order valence-electron chi connectivity index (χ3n) is 1.30. The Balaban J connectivity index is 2.96. The molecule has 0 heterocycles. The number of hydrogen-bond acceptors (Lipinski definition) is 3. The highest BCUT2D eigenvalue weighted by Gasteiger charge is 2.03. The van der Waals surface area contributed by atoms with E-state index < -0.39 is 5.03 Å². The van der Waals surface area contributed by atoms with Crippen LogP contribution in [0.15, 0.2) is 24.3 Å². The monoisotopic (exact) mass is 166 g/mol. The van der Waals surface area contributed by atoms with Crippen molar-refractivity contribution in [2.75, 3.05) is 5.43 Å². The predicted octanol–water partition coefficient (Wildman–Crippen LogP) is 1.10. The van der Waals surface area contributed by atoms with Gasteiger partial charge in [-0.25, -0.2) is 10.1 Å². The molecule has 0 saturated heterocycles. The first-order chi connectivity index (χ1) is 5.74. The molecule has 0 fully saturated rings. The molecule has 1 aromatic carbocycles. The Kier molecular flexibility index (Phi) is 2.37. The van der Waals surface area contributed by atoms with Crippen LogP contribution in [0.2, 0.25) is 0 Å². The Bertz CT molecular complexity index is 311. The zero-order valence-electron chi connectivity index (χ0n) is 6.06. The van der Waals surface area contributed by atoms with E-state index in [9.17, 15) is 14.9 Å². The minimum Gasteiger partial charge on any atom is -0.298 e. The Morgan fingerprint density at radius 3 is 2.67 bits per heavy atom. The van der Waals surface area contributed by atoms with Crippen molar-refractivity contribution in [2.24, 2.45) is 0 Å². The lowest BCUT2D eigenvalue weighted by molar-refractivity contribution is -0.445. The molecule has 0 aliphatic heterocycles. The second-order valence-electron chi connectivity index (χ2n) is 2.07. The summed E-state index contributed by atoms with van der Waals surface area (Å²) in [7, 11) is 0. The first kappa shape index (κ1) is 8.19. The maximum Gasteiger partial charge on any atom is 0.162 e. The van der Waals surface area contributed by atoms with Crippen molar-refractivity contribution in [1.82, 2.24) is 0 Å². The van der Waals surface area contributed by atoms with Crippen LogP contribution in [0, 0.1) is 10.1 Å². The number of para-hydroxylation sites is 1. The van der Waals surface area contributed by atoms with Gasteiger partial charge in [-0.2, -0.15) is 0 Å². The van der Waals surface area contributed by atoms with E-state index in [0.717, 1.165) is 0 Å². The molecule has 1 aromatic rings. The van der Waals surface area contributed by atoms with Gasteiger partial charge in [0, 0.05) is 5.56 Å². The fourth-order valence-corrected chi connectivity index (χ4v) is 0.800. The van der Waals surface area contributed by atoms with E-state index in [1.165, 1.54) is 12.1 Å². The minimum atomic E-state index is -0.706. The van der Waals surface area contributed by atoms with E-state index in [0.29, 0.717) is 6.29 Å². The van der Waals surface area contributed by atoms with Gasteiger partial charge in [-0.05, 0) is 12.1 Å². The summed E-state index contributed by atoms with van der Waals surface area (Å²) in [5.41, 5.74) is 2.39. The van der Waals surface area contributed by atoms with Gasteiger partial charge in [0.25, 0.3) is 0 Å². The second kappa shape index (κ2) is 3.47. The number of benzene rings is 1. The largest absolute Gasteiger partial charge is 0.298 e. The molecule has 0 aliphatic carbocycles. The van der Waals surface area contributed by atoms with Gasteiger partial charge in [-0.3, -0.25) is 4.79 Å². The standard InChI is InChI=1S/C7H6N2O3/c10-5-6-3-1-2-4-7(6)8-9(11)12/h1-5,8H. The van der Waals surface area contributed by atoms with Crippen molar-refractivity contribution in [3.05, 3.63) is 39.9 Å². The van der Waals surface area contributed by atoms with Crippen molar-refractivity contribution >= 4 is 12.0 Å². The summed E-state index contributed by atoms with van der Waals surface area (Å²) < 4.78 is 0. The Hall–Kier alpha value is -1.91. The van der Waals surface area contributed by atoms with Crippen LogP contribution in [0.5, 0.6) is 0 Å². The van der Waals surface area contributed by atoms with E-state index >= 15 is 0 Å². The van der Waals surface area contributed by atoms with Crippen molar-refractivity contribution < 1.29 is 9.83 Å². The SMILES string of the molecule is O=Cc1ccccc1N[N+](=O)[O-]. The molecule has 0 spiro atoms. The maximum absolute atomic E-state index is 10.3. The zero-order valence-corrected chi connectivity index (χ0v) is 6.06. The first-order valence-corrected chi connectivity index (χ1v) is 3.19. The van der Waals surface area contributed by atoms with E-state index in [1.807, 2.05) is 5.43 Å². The predicted molar refractivity (Wildman–Crippen MR) is 42.4 cm³/mol. The number of carbonyl (C=O) groups excluding carboxylic acids is 1. The third kappa shape index (κ3) is 1.79.